The fourth-order valence-corrected chi connectivity index (χ4v) is 7.59. The van der Waals surface area contributed by atoms with Gasteiger partial charge >= 0.3 is 0 Å². The largest absolute Gasteiger partial charge is 0.310 e. The molecular formula is C52H37N. The summed E-state index contributed by atoms with van der Waals surface area (Å²) >= 11 is 0. The van der Waals surface area contributed by atoms with E-state index in [2.05, 4.69) is 229 Å². The standard InChI is InChI=1S/C52H37N/c1-3-17-38(18-4-1)39-33-35-43(36-34-39)53(44-24-15-23-42(37-44)47-31-16-22-41-21-7-8-25-45(41)47)52-32-14-13-30-51(52)50-29-12-11-28-49(50)48-27-10-9-26-46(48)40-19-5-2-6-20-40/h1-37H. The van der Waals surface area contributed by atoms with Crippen molar-refractivity contribution < 1.29 is 0 Å². The zero-order valence-electron chi connectivity index (χ0n) is 29.3. The van der Waals surface area contributed by atoms with Gasteiger partial charge in [-0.15, -0.1) is 0 Å². The van der Waals surface area contributed by atoms with E-state index in [1.165, 1.54) is 60.8 Å². The molecule has 0 N–H and O–H groups in total. The molecule has 0 aromatic heterocycles. The van der Waals surface area contributed by atoms with Crippen LogP contribution < -0.4 is 4.90 Å². The van der Waals surface area contributed by atoms with E-state index in [0.717, 1.165) is 22.6 Å². The van der Waals surface area contributed by atoms with Crippen molar-refractivity contribution in [3.63, 3.8) is 0 Å². The van der Waals surface area contributed by atoms with Gasteiger partial charge in [0.05, 0.1) is 5.69 Å². The Balaban J connectivity index is 1.24. The SMILES string of the molecule is c1ccc(-c2ccc(N(c3cccc(-c4cccc5ccccc45)c3)c3ccccc3-c3ccccc3-c3ccccc3-c3ccccc3)cc2)cc1. The van der Waals surface area contributed by atoms with Crippen molar-refractivity contribution in [1.29, 1.82) is 0 Å². The topological polar surface area (TPSA) is 3.24 Å². The van der Waals surface area contributed by atoms with Crippen LogP contribution >= 0.6 is 0 Å². The highest BCUT2D eigenvalue weighted by atomic mass is 15.1. The van der Waals surface area contributed by atoms with Crippen LogP contribution in [0.5, 0.6) is 0 Å². The molecular weight excluding hydrogens is 639 g/mol. The van der Waals surface area contributed by atoms with Gasteiger partial charge < -0.3 is 4.90 Å². The molecule has 250 valence electrons. The first kappa shape index (κ1) is 32.0. The second-order valence-corrected chi connectivity index (χ2v) is 13.3. The highest BCUT2D eigenvalue weighted by molar-refractivity contribution is 5.99. The molecule has 9 aromatic rings. The molecule has 0 aliphatic heterocycles. The highest BCUT2D eigenvalue weighted by Crippen LogP contribution is 2.46. The smallest absolute Gasteiger partial charge is 0.0540 e. The minimum absolute atomic E-state index is 1.09. The Labute approximate surface area is 311 Å². The van der Waals surface area contributed by atoms with E-state index in [1.54, 1.807) is 0 Å². The number of anilines is 3. The third kappa shape index (κ3) is 6.30. The summed E-state index contributed by atoms with van der Waals surface area (Å²) in [6.45, 7) is 0. The Morgan fingerprint density at radius 3 is 1.45 bits per heavy atom. The minimum atomic E-state index is 1.09. The number of hydrogen-bond acceptors (Lipinski definition) is 1. The van der Waals surface area contributed by atoms with Gasteiger partial charge in [0, 0.05) is 16.9 Å². The van der Waals surface area contributed by atoms with Crippen molar-refractivity contribution in [2.24, 2.45) is 0 Å². The summed E-state index contributed by atoms with van der Waals surface area (Å²) in [7, 11) is 0. The van der Waals surface area contributed by atoms with Crippen LogP contribution in [0.1, 0.15) is 0 Å². The number of benzene rings is 9. The van der Waals surface area contributed by atoms with Crippen LogP contribution in [0.4, 0.5) is 17.1 Å². The minimum Gasteiger partial charge on any atom is -0.310 e. The third-order valence-corrected chi connectivity index (χ3v) is 10.1. The predicted molar refractivity (Wildman–Crippen MR) is 226 cm³/mol. The lowest BCUT2D eigenvalue weighted by molar-refractivity contribution is 1.28. The molecule has 0 radical (unpaired) electrons. The molecule has 0 aliphatic carbocycles. The van der Waals surface area contributed by atoms with Crippen LogP contribution in [-0.2, 0) is 0 Å². The Hall–Kier alpha value is -6.96. The first-order chi connectivity index (χ1) is 26.3. The van der Waals surface area contributed by atoms with Gasteiger partial charge in [-0.25, -0.2) is 0 Å². The first-order valence-electron chi connectivity index (χ1n) is 18.2. The summed E-state index contributed by atoms with van der Waals surface area (Å²) in [6, 6.07) is 80.8. The van der Waals surface area contributed by atoms with Gasteiger partial charge in [-0.1, -0.05) is 194 Å². The van der Waals surface area contributed by atoms with Gasteiger partial charge in [0.1, 0.15) is 0 Å². The molecule has 0 bridgehead atoms. The van der Waals surface area contributed by atoms with Crippen molar-refractivity contribution in [3.05, 3.63) is 224 Å². The maximum Gasteiger partial charge on any atom is 0.0540 e. The van der Waals surface area contributed by atoms with Gasteiger partial charge in [0.25, 0.3) is 0 Å². The maximum absolute atomic E-state index is 2.42. The summed E-state index contributed by atoms with van der Waals surface area (Å²) in [6.07, 6.45) is 0. The monoisotopic (exact) mass is 675 g/mol. The molecule has 0 atom stereocenters. The number of rotatable bonds is 8. The maximum atomic E-state index is 2.42. The number of nitrogens with zero attached hydrogens (tertiary/aromatic N) is 1. The Bertz CT molecular complexity index is 2650. The third-order valence-electron chi connectivity index (χ3n) is 10.1. The molecule has 0 fully saturated rings. The lowest BCUT2D eigenvalue weighted by Crippen LogP contribution is -2.11. The Morgan fingerprint density at radius 2 is 0.717 bits per heavy atom. The lowest BCUT2D eigenvalue weighted by atomic mass is 9.88. The van der Waals surface area contributed by atoms with E-state index in [0.29, 0.717) is 0 Å². The van der Waals surface area contributed by atoms with Gasteiger partial charge in [-0.05, 0) is 91.2 Å². The van der Waals surface area contributed by atoms with Crippen molar-refractivity contribution in [2.75, 3.05) is 4.90 Å². The summed E-state index contributed by atoms with van der Waals surface area (Å²) in [4.78, 5) is 2.42. The number of fused-ring (bicyclic) bond motifs is 1. The van der Waals surface area contributed by atoms with Crippen LogP contribution in [0.25, 0.3) is 66.4 Å². The quantitative estimate of drug-likeness (QED) is 0.155. The van der Waals surface area contributed by atoms with Crippen LogP contribution in [0.15, 0.2) is 224 Å². The fraction of sp³-hybridized carbons (Fsp3) is 0. The summed E-state index contributed by atoms with van der Waals surface area (Å²) in [5, 5.41) is 2.49. The molecule has 0 spiro atoms. The molecule has 0 heterocycles. The van der Waals surface area contributed by atoms with Crippen LogP contribution in [0.2, 0.25) is 0 Å². The molecule has 0 unspecified atom stereocenters. The molecule has 53 heavy (non-hydrogen) atoms. The van der Waals surface area contributed by atoms with Crippen molar-refractivity contribution in [1.82, 2.24) is 0 Å². The number of hydrogen-bond donors (Lipinski definition) is 0. The second-order valence-electron chi connectivity index (χ2n) is 13.3. The first-order valence-corrected chi connectivity index (χ1v) is 18.2. The van der Waals surface area contributed by atoms with E-state index in [9.17, 15) is 0 Å². The molecule has 1 heteroatoms. The van der Waals surface area contributed by atoms with E-state index in [-0.39, 0.29) is 0 Å². The Morgan fingerprint density at radius 1 is 0.245 bits per heavy atom. The van der Waals surface area contributed by atoms with Crippen molar-refractivity contribution in [2.45, 2.75) is 0 Å². The average molecular weight is 676 g/mol. The van der Waals surface area contributed by atoms with Gasteiger partial charge in [-0.2, -0.15) is 0 Å². The fourth-order valence-electron chi connectivity index (χ4n) is 7.59. The van der Waals surface area contributed by atoms with E-state index < -0.39 is 0 Å². The average Bonchev–Trinajstić information content (AvgIpc) is 3.25. The Kier molecular flexibility index (Phi) is 8.66. The van der Waals surface area contributed by atoms with E-state index in [4.69, 9.17) is 0 Å². The molecule has 0 saturated carbocycles. The second kappa shape index (κ2) is 14.3. The van der Waals surface area contributed by atoms with Crippen LogP contribution in [-0.4, -0.2) is 0 Å². The van der Waals surface area contributed by atoms with Gasteiger partial charge in [-0.3, -0.25) is 0 Å². The number of para-hydroxylation sites is 1. The van der Waals surface area contributed by atoms with E-state index in [1.807, 2.05) is 0 Å². The zero-order valence-corrected chi connectivity index (χ0v) is 29.3. The van der Waals surface area contributed by atoms with E-state index >= 15 is 0 Å². The highest BCUT2D eigenvalue weighted by Gasteiger charge is 2.21. The van der Waals surface area contributed by atoms with Gasteiger partial charge in [0.15, 0.2) is 0 Å². The predicted octanol–water partition coefficient (Wildman–Crippen LogP) is 14.6. The zero-order chi connectivity index (χ0) is 35.4. The van der Waals surface area contributed by atoms with Crippen molar-refractivity contribution in [3.8, 4) is 55.6 Å². The summed E-state index contributed by atoms with van der Waals surface area (Å²) < 4.78 is 0. The molecule has 9 aromatic carbocycles. The molecule has 0 aliphatic rings. The molecule has 1 nitrogen and oxygen atoms in total. The lowest BCUT2D eigenvalue weighted by Gasteiger charge is -2.29. The van der Waals surface area contributed by atoms with Gasteiger partial charge in [0.2, 0.25) is 0 Å². The summed E-state index contributed by atoms with van der Waals surface area (Å²) in [5.74, 6) is 0. The summed E-state index contributed by atoms with van der Waals surface area (Å²) in [5.41, 5.74) is 15.3. The van der Waals surface area contributed by atoms with Crippen LogP contribution in [0.3, 0.4) is 0 Å². The molecule has 9 rings (SSSR count). The van der Waals surface area contributed by atoms with Crippen molar-refractivity contribution >= 4 is 27.8 Å². The molecule has 0 amide bonds. The molecule has 0 saturated heterocycles. The van der Waals surface area contributed by atoms with Crippen LogP contribution in [0, 0.1) is 0 Å². The normalized spacial score (nSPS) is 11.0.